The van der Waals surface area contributed by atoms with Crippen molar-refractivity contribution in [2.75, 3.05) is 19.5 Å². The molecule has 1 N–H and O–H groups in total. The maximum atomic E-state index is 12.5. The van der Waals surface area contributed by atoms with Gasteiger partial charge in [-0.1, -0.05) is 6.07 Å². The molecule has 0 aliphatic rings. The number of carbonyl (C=O) groups is 1. The van der Waals surface area contributed by atoms with Crippen molar-refractivity contribution in [3.05, 3.63) is 52.1 Å². The number of methoxy groups -OCH3 is 2. The molecule has 0 saturated carbocycles. The van der Waals surface area contributed by atoms with Crippen molar-refractivity contribution in [2.45, 2.75) is 24.0 Å². The lowest BCUT2D eigenvalue weighted by molar-refractivity contribution is -0.384. The number of nitro benzene ring substituents is 1. The lowest BCUT2D eigenvalue weighted by Crippen LogP contribution is -2.22. The molecule has 0 unspecified atom stereocenters. The Morgan fingerprint density at radius 2 is 1.85 bits per heavy atom. The van der Waals surface area contributed by atoms with Crippen molar-refractivity contribution in [2.24, 2.45) is 0 Å². The van der Waals surface area contributed by atoms with Crippen LogP contribution in [0.5, 0.6) is 11.5 Å². The third-order valence-electron chi connectivity index (χ3n) is 3.73. The first-order valence-corrected chi connectivity index (χ1v) is 8.68. The molecule has 0 aliphatic carbocycles. The van der Waals surface area contributed by atoms with Crippen molar-refractivity contribution in [1.82, 2.24) is 0 Å². The summed E-state index contributed by atoms with van der Waals surface area (Å²) in [5.41, 5.74) is 1.13. The number of nitrogens with zero attached hydrogens (tertiary/aromatic N) is 1. The molecule has 0 spiro atoms. The van der Waals surface area contributed by atoms with Crippen LogP contribution >= 0.6 is 11.8 Å². The third kappa shape index (κ3) is 4.66. The summed E-state index contributed by atoms with van der Waals surface area (Å²) in [6.45, 7) is 3.55. The van der Waals surface area contributed by atoms with Crippen LogP contribution in [0.15, 0.2) is 41.3 Å². The average molecular weight is 376 g/mol. The van der Waals surface area contributed by atoms with Gasteiger partial charge >= 0.3 is 0 Å². The SMILES string of the molecule is COc1ccc(S[C@@H](C)C(=O)Nc2cc([N+](=O)[O-])ccc2C)cc1OC. The van der Waals surface area contributed by atoms with Crippen LogP contribution in [0, 0.1) is 17.0 Å². The Bertz CT molecular complexity index is 825. The highest BCUT2D eigenvalue weighted by Crippen LogP contribution is 2.34. The molecule has 8 heteroatoms. The Labute approximate surface area is 155 Å². The molecule has 1 atom stereocenters. The van der Waals surface area contributed by atoms with Gasteiger partial charge in [0.25, 0.3) is 5.69 Å². The number of aryl methyl sites for hydroxylation is 1. The Kier molecular flexibility index (Phi) is 6.46. The molecule has 1 amide bonds. The number of hydrogen-bond donors (Lipinski definition) is 1. The van der Waals surface area contributed by atoms with Crippen LogP contribution in [0.3, 0.4) is 0 Å². The summed E-state index contributed by atoms with van der Waals surface area (Å²) in [7, 11) is 3.11. The Morgan fingerprint density at radius 1 is 1.15 bits per heavy atom. The molecule has 0 aromatic heterocycles. The zero-order valence-electron chi connectivity index (χ0n) is 14.9. The summed E-state index contributed by atoms with van der Waals surface area (Å²) < 4.78 is 10.5. The minimum Gasteiger partial charge on any atom is -0.493 e. The molecule has 0 fully saturated rings. The third-order valence-corrected chi connectivity index (χ3v) is 4.82. The van der Waals surface area contributed by atoms with Crippen molar-refractivity contribution in [1.29, 1.82) is 0 Å². The van der Waals surface area contributed by atoms with Crippen LogP contribution in [0.2, 0.25) is 0 Å². The van der Waals surface area contributed by atoms with Crippen LogP contribution in [0.25, 0.3) is 0 Å². The summed E-state index contributed by atoms with van der Waals surface area (Å²) in [5, 5.41) is 13.3. The first kappa shape index (κ1) is 19.6. The summed E-state index contributed by atoms with van der Waals surface area (Å²) in [4.78, 5) is 23.7. The highest BCUT2D eigenvalue weighted by Gasteiger charge is 2.18. The maximum Gasteiger partial charge on any atom is 0.271 e. The van der Waals surface area contributed by atoms with Crippen molar-refractivity contribution in [3.63, 3.8) is 0 Å². The van der Waals surface area contributed by atoms with E-state index < -0.39 is 10.2 Å². The zero-order chi connectivity index (χ0) is 19.3. The van der Waals surface area contributed by atoms with E-state index in [4.69, 9.17) is 9.47 Å². The number of rotatable bonds is 7. The van der Waals surface area contributed by atoms with Gasteiger partial charge in [-0.05, 0) is 37.6 Å². The topological polar surface area (TPSA) is 90.7 Å². The molecule has 0 heterocycles. The highest BCUT2D eigenvalue weighted by molar-refractivity contribution is 8.00. The number of hydrogen-bond acceptors (Lipinski definition) is 6. The molecular weight excluding hydrogens is 356 g/mol. The summed E-state index contributed by atoms with van der Waals surface area (Å²) in [6.07, 6.45) is 0. The number of nitro groups is 1. The lowest BCUT2D eigenvalue weighted by Gasteiger charge is -2.14. The van der Waals surface area contributed by atoms with E-state index >= 15 is 0 Å². The predicted octanol–water partition coefficient (Wildman–Crippen LogP) is 4.04. The minimum absolute atomic E-state index is 0.0638. The van der Waals surface area contributed by atoms with E-state index in [1.807, 2.05) is 6.07 Å². The van der Waals surface area contributed by atoms with E-state index in [1.165, 1.54) is 23.9 Å². The Hall–Kier alpha value is -2.74. The molecular formula is C18H20N2O5S. The first-order chi connectivity index (χ1) is 12.3. The number of nitrogens with one attached hydrogen (secondary N) is 1. The van der Waals surface area contributed by atoms with Crippen LogP contribution in [-0.4, -0.2) is 30.3 Å². The molecule has 0 saturated heterocycles. The van der Waals surface area contributed by atoms with Gasteiger partial charge in [-0.2, -0.15) is 0 Å². The monoisotopic (exact) mass is 376 g/mol. The smallest absolute Gasteiger partial charge is 0.271 e. The Balaban J connectivity index is 2.11. The number of amides is 1. The molecule has 7 nitrogen and oxygen atoms in total. The van der Waals surface area contributed by atoms with E-state index in [1.54, 1.807) is 46.3 Å². The lowest BCUT2D eigenvalue weighted by atomic mass is 10.2. The normalized spacial score (nSPS) is 11.5. The van der Waals surface area contributed by atoms with Crippen LogP contribution in [-0.2, 0) is 4.79 Å². The van der Waals surface area contributed by atoms with Gasteiger partial charge in [0.1, 0.15) is 0 Å². The summed E-state index contributed by atoms with van der Waals surface area (Å²) in [5.74, 6) is 0.953. The molecule has 0 bridgehead atoms. The second kappa shape index (κ2) is 8.57. The van der Waals surface area contributed by atoms with Crippen molar-refractivity contribution < 1.29 is 19.2 Å². The Morgan fingerprint density at radius 3 is 2.46 bits per heavy atom. The molecule has 2 rings (SSSR count). The molecule has 0 aliphatic heterocycles. The fourth-order valence-corrected chi connectivity index (χ4v) is 3.14. The minimum atomic E-state index is -0.489. The van der Waals surface area contributed by atoms with E-state index in [2.05, 4.69) is 5.32 Å². The quantitative estimate of drug-likeness (QED) is 0.445. The van der Waals surface area contributed by atoms with E-state index in [9.17, 15) is 14.9 Å². The molecule has 2 aromatic carbocycles. The van der Waals surface area contributed by atoms with Gasteiger partial charge in [0, 0.05) is 17.0 Å². The molecule has 0 radical (unpaired) electrons. The van der Waals surface area contributed by atoms with E-state index in [-0.39, 0.29) is 11.6 Å². The first-order valence-electron chi connectivity index (χ1n) is 7.80. The largest absolute Gasteiger partial charge is 0.493 e. The summed E-state index contributed by atoms with van der Waals surface area (Å²) >= 11 is 1.35. The molecule has 138 valence electrons. The number of thioether (sulfide) groups is 1. The second-order valence-corrected chi connectivity index (χ2v) is 6.94. The van der Waals surface area contributed by atoms with E-state index in [0.717, 1.165) is 10.5 Å². The van der Waals surface area contributed by atoms with Gasteiger partial charge in [-0.3, -0.25) is 14.9 Å². The molecule has 2 aromatic rings. The predicted molar refractivity (Wildman–Crippen MR) is 101 cm³/mol. The van der Waals surface area contributed by atoms with Crippen molar-refractivity contribution in [3.8, 4) is 11.5 Å². The van der Waals surface area contributed by atoms with Gasteiger partial charge < -0.3 is 14.8 Å². The average Bonchev–Trinajstić information content (AvgIpc) is 2.62. The van der Waals surface area contributed by atoms with Gasteiger partial charge in [0.2, 0.25) is 5.91 Å². The number of ether oxygens (including phenoxy) is 2. The number of anilines is 1. The van der Waals surface area contributed by atoms with Gasteiger partial charge in [0.15, 0.2) is 11.5 Å². The fraction of sp³-hybridized carbons (Fsp3) is 0.278. The summed E-state index contributed by atoms with van der Waals surface area (Å²) in [6, 6.07) is 9.80. The van der Waals surface area contributed by atoms with Crippen LogP contribution in [0.4, 0.5) is 11.4 Å². The fourth-order valence-electron chi connectivity index (χ4n) is 2.24. The van der Waals surface area contributed by atoms with Gasteiger partial charge in [-0.25, -0.2) is 0 Å². The number of non-ortho nitro benzene ring substituents is 1. The van der Waals surface area contributed by atoms with Gasteiger partial charge in [0.05, 0.1) is 30.1 Å². The number of benzene rings is 2. The van der Waals surface area contributed by atoms with E-state index in [0.29, 0.717) is 17.2 Å². The maximum absolute atomic E-state index is 12.5. The standard InChI is InChI=1S/C18H20N2O5S/c1-11-5-6-13(20(22)23)9-15(11)19-18(21)12(2)26-14-7-8-16(24-3)17(10-14)25-4/h5-10,12H,1-4H3,(H,19,21)/t12-/m0/s1. The number of carbonyl (C=O) groups excluding carboxylic acids is 1. The van der Waals surface area contributed by atoms with Crippen LogP contribution in [0.1, 0.15) is 12.5 Å². The highest BCUT2D eigenvalue weighted by atomic mass is 32.2. The molecule has 26 heavy (non-hydrogen) atoms. The van der Waals surface area contributed by atoms with Gasteiger partial charge in [-0.15, -0.1) is 11.8 Å². The zero-order valence-corrected chi connectivity index (χ0v) is 15.8. The second-order valence-electron chi connectivity index (χ2n) is 5.52. The van der Waals surface area contributed by atoms with Crippen LogP contribution < -0.4 is 14.8 Å². The van der Waals surface area contributed by atoms with Crippen molar-refractivity contribution >= 4 is 29.0 Å².